The number of piperidine rings is 1. The summed E-state index contributed by atoms with van der Waals surface area (Å²) in [5, 5.41) is 6.40. The minimum absolute atomic E-state index is 0.128. The summed E-state index contributed by atoms with van der Waals surface area (Å²) in [4.78, 5) is 25.3. The van der Waals surface area contributed by atoms with Crippen LogP contribution in [0.5, 0.6) is 0 Å². The average molecular weight is 628 g/mol. The SMILES string of the molecule is Cc1cc(C)c(S(=O)(=O)Nc2ccc(NNC(=O)C(=O)NC3CC(C)(C)NC(C)(C)C3)cc2)cc1CCC(C)CC(C)(C)C. The van der Waals surface area contributed by atoms with E-state index in [1.807, 2.05) is 19.9 Å². The first kappa shape index (κ1) is 35.4. The van der Waals surface area contributed by atoms with E-state index < -0.39 is 21.8 Å². The van der Waals surface area contributed by atoms with Crippen LogP contribution in [0.1, 0.15) is 97.8 Å². The molecule has 1 aliphatic rings. The second-order valence-electron chi connectivity index (χ2n) is 15.2. The van der Waals surface area contributed by atoms with E-state index in [0.29, 0.717) is 35.7 Å². The van der Waals surface area contributed by atoms with Crippen molar-refractivity contribution in [3.63, 3.8) is 0 Å². The van der Waals surface area contributed by atoms with E-state index in [9.17, 15) is 18.0 Å². The molecule has 0 aliphatic carbocycles. The molecule has 2 aromatic carbocycles. The van der Waals surface area contributed by atoms with Crippen LogP contribution in [0.2, 0.25) is 0 Å². The summed E-state index contributed by atoms with van der Waals surface area (Å²) < 4.78 is 29.5. The van der Waals surface area contributed by atoms with Crippen molar-refractivity contribution in [3.05, 3.63) is 53.1 Å². The summed E-state index contributed by atoms with van der Waals surface area (Å²) >= 11 is 0. The molecule has 2 aromatic rings. The van der Waals surface area contributed by atoms with E-state index in [0.717, 1.165) is 30.4 Å². The molecule has 0 radical (unpaired) electrons. The summed E-state index contributed by atoms with van der Waals surface area (Å²) in [5.74, 6) is -0.978. The molecule has 0 aromatic heterocycles. The largest absolute Gasteiger partial charge is 0.345 e. The summed E-state index contributed by atoms with van der Waals surface area (Å²) in [7, 11) is -3.83. The standard InChI is InChI=1S/C34H53N5O4S/c1-22(19-32(4,5)6)11-12-25-18-29(24(3)17-23(25)2)44(42,43)38-27-15-13-26(14-16-27)36-37-31(41)30(40)35-28-20-33(7,8)39-34(9,10)21-28/h13-18,22,28,36,38-39H,11-12,19-21H2,1-10H3,(H,35,40)(H,37,41). The maximum absolute atomic E-state index is 13.4. The van der Waals surface area contributed by atoms with E-state index in [2.05, 4.69) is 81.6 Å². The Bertz CT molecular complexity index is 1430. The van der Waals surface area contributed by atoms with Gasteiger partial charge in [-0.05, 0) is 132 Å². The molecule has 1 saturated heterocycles. The molecular weight excluding hydrogens is 574 g/mol. The Kier molecular flexibility index (Phi) is 10.8. The third kappa shape index (κ3) is 10.5. The monoisotopic (exact) mass is 627 g/mol. The third-order valence-electron chi connectivity index (χ3n) is 7.98. The minimum Gasteiger partial charge on any atom is -0.345 e. The lowest BCUT2D eigenvalue weighted by Gasteiger charge is -2.46. The highest BCUT2D eigenvalue weighted by molar-refractivity contribution is 7.92. The lowest BCUT2D eigenvalue weighted by atomic mass is 9.79. The molecular formula is C34H53N5O4S. The molecule has 1 heterocycles. The Morgan fingerprint density at radius 1 is 0.932 bits per heavy atom. The normalized spacial score (nSPS) is 17.4. The lowest BCUT2D eigenvalue weighted by Crippen LogP contribution is -2.63. The van der Waals surface area contributed by atoms with Crippen LogP contribution in [-0.2, 0) is 26.0 Å². The van der Waals surface area contributed by atoms with Crippen molar-refractivity contribution >= 4 is 33.2 Å². The number of nitrogens with one attached hydrogen (secondary N) is 5. The van der Waals surface area contributed by atoms with Crippen LogP contribution in [-0.4, -0.2) is 37.4 Å². The van der Waals surface area contributed by atoms with Gasteiger partial charge in [0.15, 0.2) is 0 Å². The van der Waals surface area contributed by atoms with Crippen LogP contribution in [0.25, 0.3) is 0 Å². The first-order valence-electron chi connectivity index (χ1n) is 15.5. The van der Waals surface area contributed by atoms with Crippen molar-refractivity contribution in [2.75, 3.05) is 10.1 Å². The number of rotatable bonds is 10. The fourth-order valence-corrected chi connectivity index (χ4v) is 8.01. The Hall–Kier alpha value is -3.11. The zero-order valence-corrected chi connectivity index (χ0v) is 29.0. The molecule has 0 saturated carbocycles. The van der Waals surface area contributed by atoms with E-state index in [1.165, 1.54) is 0 Å². The number of amides is 2. The molecule has 10 heteroatoms. The third-order valence-corrected chi connectivity index (χ3v) is 9.50. The van der Waals surface area contributed by atoms with Gasteiger partial charge in [-0.15, -0.1) is 0 Å². The van der Waals surface area contributed by atoms with Crippen LogP contribution in [0.15, 0.2) is 41.3 Å². The smallest absolute Gasteiger partial charge is 0.327 e. The highest BCUT2D eigenvalue weighted by Gasteiger charge is 2.38. The van der Waals surface area contributed by atoms with Gasteiger partial charge in [-0.25, -0.2) is 8.42 Å². The van der Waals surface area contributed by atoms with Crippen molar-refractivity contribution in [1.29, 1.82) is 0 Å². The molecule has 3 rings (SSSR count). The van der Waals surface area contributed by atoms with Gasteiger partial charge >= 0.3 is 11.8 Å². The van der Waals surface area contributed by atoms with Crippen molar-refractivity contribution < 1.29 is 18.0 Å². The molecule has 1 fully saturated rings. The van der Waals surface area contributed by atoms with Gasteiger partial charge in [-0.1, -0.05) is 33.8 Å². The van der Waals surface area contributed by atoms with E-state index in [-0.39, 0.29) is 27.4 Å². The van der Waals surface area contributed by atoms with E-state index in [4.69, 9.17) is 0 Å². The molecule has 1 atom stereocenters. The van der Waals surface area contributed by atoms with Crippen LogP contribution < -0.4 is 26.2 Å². The molecule has 9 nitrogen and oxygen atoms in total. The Labute approximate surface area is 264 Å². The average Bonchev–Trinajstić information content (AvgIpc) is 2.84. The van der Waals surface area contributed by atoms with Crippen LogP contribution in [0.3, 0.4) is 0 Å². The fraction of sp³-hybridized carbons (Fsp3) is 0.588. The number of hydrogen-bond donors (Lipinski definition) is 5. The van der Waals surface area contributed by atoms with Crippen molar-refractivity contribution in [2.45, 2.75) is 123 Å². The second-order valence-corrected chi connectivity index (χ2v) is 16.8. The maximum atomic E-state index is 13.4. The molecule has 5 N–H and O–H groups in total. The number of hydrogen-bond acceptors (Lipinski definition) is 6. The van der Waals surface area contributed by atoms with Gasteiger partial charge in [-0.2, -0.15) is 0 Å². The topological polar surface area (TPSA) is 128 Å². The Morgan fingerprint density at radius 2 is 1.50 bits per heavy atom. The molecule has 1 aliphatic heterocycles. The quantitative estimate of drug-likeness (QED) is 0.163. The van der Waals surface area contributed by atoms with Gasteiger partial charge in [0.2, 0.25) is 0 Å². The van der Waals surface area contributed by atoms with Gasteiger partial charge in [0.1, 0.15) is 0 Å². The summed E-state index contributed by atoms with van der Waals surface area (Å²) in [5.41, 5.74) is 8.79. The molecule has 244 valence electrons. The predicted molar refractivity (Wildman–Crippen MR) is 179 cm³/mol. The number of anilines is 2. The van der Waals surface area contributed by atoms with Crippen LogP contribution >= 0.6 is 0 Å². The number of benzene rings is 2. The highest BCUT2D eigenvalue weighted by Crippen LogP contribution is 2.30. The Morgan fingerprint density at radius 3 is 2.07 bits per heavy atom. The van der Waals surface area contributed by atoms with E-state index in [1.54, 1.807) is 30.3 Å². The maximum Gasteiger partial charge on any atom is 0.327 e. The molecule has 1 unspecified atom stereocenters. The fourth-order valence-electron chi connectivity index (χ4n) is 6.68. The number of hydrazine groups is 1. The summed E-state index contributed by atoms with van der Waals surface area (Å²) in [6, 6.07) is 10.1. The zero-order valence-electron chi connectivity index (χ0n) is 28.2. The lowest BCUT2D eigenvalue weighted by molar-refractivity contribution is -0.139. The van der Waals surface area contributed by atoms with Gasteiger partial charge in [0.05, 0.1) is 10.6 Å². The van der Waals surface area contributed by atoms with E-state index >= 15 is 0 Å². The van der Waals surface area contributed by atoms with Crippen LogP contribution in [0.4, 0.5) is 11.4 Å². The molecule has 44 heavy (non-hydrogen) atoms. The predicted octanol–water partition coefficient (Wildman–Crippen LogP) is 5.98. The number of carbonyl (C=O) groups is 2. The second kappa shape index (κ2) is 13.5. The zero-order chi connectivity index (χ0) is 33.1. The van der Waals surface area contributed by atoms with Gasteiger partial charge in [0.25, 0.3) is 10.0 Å². The molecule has 2 amide bonds. The first-order valence-corrected chi connectivity index (χ1v) is 17.0. The number of carbonyl (C=O) groups excluding carboxylic acids is 2. The van der Waals surface area contributed by atoms with Crippen molar-refractivity contribution in [3.8, 4) is 0 Å². The summed E-state index contributed by atoms with van der Waals surface area (Å²) in [6.07, 6.45) is 4.35. The van der Waals surface area contributed by atoms with Gasteiger partial charge < -0.3 is 10.6 Å². The van der Waals surface area contributed by atoms with Crippen molar-refractivity contribution in [1.82, 2.24) is 16.1 Å². The number of sulfonamides is 1. The number of aryl methyl sites for hydroxylation is 3. The minimum atomic E-state index is -3.83. The highest BCUT2D eigenvalue weighted by atomic mass is 32.2. The van der Waals surface area contributed by atoms with Gasteiger partial charge in [0, 0.05) is 22.8 Å². The van der Waals surface area contributed by atoms with Gasteiger partial charge in [-0.3, -0.25) is 25.2 Å². The summed E-state index contributed by atoms with van der Waals surface area (Å²) in [6.45, 7) is 21.1. The van der Waals surface area contributed by atoms with Crippen molar-refractivity contribution in [2.24, 2.45) is 11.3 Å². The molecule has 0 spiro atoms. The molecule has 0 bridgehead atoms. The first-order chi connectivity index (χ1) is 20.1. The van der Waals surface area contributed by atoms with Crippen LogP contribution in [0, 0.1) is 25.2 Å². The Balaban J connectivity index is 1.58.